The fourth-order valence-electron chi connectivity index (χ4n) is 4.09. The molecule has 1 atom stereocenters. The summed E-state index contributed by atoms with van der Waals surface area (Å²) in [7, 11) is -0.308. The quantitative estimate of drug-likeness (QED) is 0.519. The van der Waals surface area contributed by atoms with E-state index in [-0.39, 0.29) is 19.2 Å². The van der Waals surface area contributed by atoms with Gasteiger partial charge in [-0.2, -0.15) is 13.2 Å². The Morgan fingerprint density at radius 3 is 2.45 bits per heavy atom. The van der Waals surface area contributed by atoms with Gasteiger partial charge in [-0.25, -0.2) is 0 Å². The molecule has 1 unspecified atom stereocenters. The van der Waals surface area contributed by atoms with Crippen molar-refractivity contribution in [2.45, 2.75) is 50.4 Å². The predicted molar refractivity (Wildman–Crippen MR) is 121 cm³/mol. The molecule has 1 aliphatic carbocycles. The molecule has 0 bridgehead atoms. The van der Waals surface area contributed by atoms with Crippen molar-refractivity contribution in [1.82, 2.24) is 5.32 Å². The van der Waals surface area contributed by atoms with Crippen LogP contribution in [0.4, 0.5) is 18.9 Å². The van der Waals surface area contributed by atoms with Crippen molar-refractivity contribution < 1.29 is 27.8 Å². The maximum absolute atomic E-state index is 13.5. The molecule has 0 aliphatic heterocycles. The number of nitrogens with one attached hydrogen (secondary N) is 1. The van der Waals surface area contributed by atoms with E-state index in [0.717, 1.165) is 55.2 Å². The average molecular weight is 456 g/mol. The highest BCUT2D eigenvalue weighted by Gasteiger charge is 2.36. The molecule has 5 nitrogen and oxygen atoms in total. The van der Waals surface area contributed by atoms with Crippen LogP contribution >= 0.6 is 0 Å². The summed E-state index contributed by atoms with van der Waals surface area (Å²) in [5.74, 6) is 0.441. The van der Waals surface area contributed by atoms with Gasteiger partial charge in [0.25, 0.3) is 0 Å². The second kappa shape index (κ2) is 10.6. The summed E-state index contributed by atoms with van der Waals surface area (Å²) in [4.78, 5) is 27.2. The smallest absolute Gasteiger partial charge is 0.416 e. The summed E-state index contributed by atoms with van der Waals surface area (Å²) in [5.41, 5.74) is -0.299. The molecule has 2 amide bonds. The minimum absolute atomic E-state index is 0.0981. The van der Waals surface area contributed by atoms with Crippen molar-refractivity contribution in [2.75, 3.05) is 4.90 Å². The maximum Gasteiger partial charge on any atom is 0.416 e. The minimum atomic E-state index is -4.64. The summed E-state index contributed by atoms with van der Waals surface area (Å²) >= 11 is 0. The first kappa shape index (κ1) is 24.4. The molecule has 1 saturated carbocycles. The summed E-state index contributed by atoms with van der Waals surface area (Å²) < 4.78 is 40.1. The molecule has 0 radical (unpaired) electrons. The summed E-state index contributed by atoms with van der Waals surface area (Å²) in [5, 5.41) is 12.5. The third-order valence-corrected chi connectivity index (χ3v) is 5.70. The van der Waals surface area contributed by atoms with Crippen LogP contribution in [0, 0.1) is 12.3 Å². The Kier molecular flexibility index (Phi) is 7.82. The van der Waals surface area contributed by atoms with Crippen molar-refractivity contribution in [3.63, 3.8) is 0 Å². The summed E-state index contributed by atoms with van der Waals surface area (Å²) in [6, 6.07) is 9.09. The van der Waals surface area contributed by atoms with Crippen LogP contribution in [0.2, 0.25) is 0 Å². The molecule has 33 heavy (non-hydrogen) atoms. The van der Waals surface area contributed by atoms with Crippen LogP contribution in [0.1, 0.15) is 49.3 Å². The van der Waals surface area contributed by atoms with Crippen molar-refractivity contribution in [1.29, 1.82) is 0 Å². The summed E-state index contributed by atoms with van der Waals surface area (Å²) in [6.45, 7) is 0. The van der Waals surface area contributed by atoms with Crippen LogP contribution in [-0.4, -0.2) is 30.4 Å². The second-order valence-electron chi connectivity index (χ2n) is 8.02. The molecule has 1 aliphatic rings. The van der Waals surface area contributed by atoms with Crippen molar-refractivity contribution in [3.8, 4) is 12.3 Å². The van der Waals surface area contributed by atoms with Gasteiger partial charge in [-0.3, -0.25) is 14.5 Å². The highest BCUT2D eigenvalue weighted by molar-refractivity contribution is 6.45. The Labute approximate surface area is 191 Å². The number of terminal acetylenes is 1. The second-order valence-corrected chi connectivity index (χ2v) is 8.02. The van der Waals surface area contributed by atoms with Crippen LogP contribution in [0.15, 0.2) is 48.5 Å². The fourth-order valence-corrected chi connectivity index (χ4v) is 4.09. The molecule has 9 heteroatoms. The number of carbonyl (C=O) groups excluding carboxylic acids is 2. The number of rotatable bonds is 6. The average Bonchev–Trinajstić information content (AvgIpc) is 2.82. The number of hydrogen-bond donors (Lipinski definition) is 2. The van der Waals surface area contributed by atoms with E-state index in [2.05, 4.69) is 5.32 Å². The number of amides is 2. The Morgan fingerprint density at radius 1 is 1.12 bits per heavy atom. The van der Waals surface area contributed by atoms with E-state index in [1.54, 1.807) is 18.2 Å². The number of hydrogen-bond acceptors (Lipinski definition) is 3. The molecular weight excluding hydrogens is 432 g/mol. The maximum atomic E-state index is 13.5. The van der Waals surface area contributed by atoms with E-state index >= 15 is 0 Å². The molecule has 0 heterocycles. The van der Waals surface area contributed by atoms with E-state index in [0.29, 0.717) is 11.0 Å². The van der Waals surface area contributed by atoms with Gasteiger partial charge >= 0.3 is 19.6 Å². The molecular formula is C24H24BF3N2O3. The molecule has 2 aromatic carbocycles. The normalized spacial score (nSPS) is 15.2. The van der Waals surface area contributed by atoms with Gasteiger partial charge in [0.05, 0.1) is 5.56 Å². The number of anilines is 1. The Morgan fingerprint density at radius 2 is 1.82 bits per heavy atom. The number of halogens is 3. The molecule has 2 aromatic rings. The lowest BCUT2D eigenvalue weighted by Crippen LogP contribution is -2.47. The number of alkyl halides is 3. The van der Waals surface area contributed by atoms with Crippen LogP contribution < -0.4 is 15.7 Å². The van der Waals surface area contributed by atoms with Gasteiger partial charge in [-0.15, -0.1) is 6.42 Å². The van der Waals surface area contributed by atoms with Gasteiger partial charge in [0.2, 0.25) is 5.91 Å². The molecule has 2 N–H and O–H groups in total. The molecule has 0 saturated heterocycles. The van der Waals surface area contributed by atoms with Crippen LogP contribution in [0.25, 0.3) is 0 Å². The first-order valence-corrected chi connectivity index (χ1v) is 10.7. The van der Waals surface area contributed by atoms with Crippen molar-refractivity contribution in [3.05, 3.63) is 59.7 Å². The topological polar surface area (TPSA) is 69.6 Å². The van der Waals surface area contributed by atoms with Gasteiger partial charge in [0.1, 0.15) is 6.04 Å². The van der Waals surface area contributed by atoms with E-state index in [1.165, 1.54) is 12.1 Å². The lowest BCUT2D eigenvalue weighted by molar-refractivity contribution is -0.137. The third kappa shape index (κ3) is 5.96. The Bertz CT molecular complexity index is 1050. The van der Waals surface area contributed by atoms with Crippen molar-refractivity contribution >= 4 is 30.4 Å². The van der Waals surface area contributed by atoms with Gasteiger partial charge in [-0.05, 0) is 42.5 Å². The SMILES string of the molecule is C#CC(=O)N(c1cccc(C(F)(F)F)c1)C(C(=O)NC1CCCCC1)c1cccc(BO)c1. The zero-order chi connectivity index (χ0) is 24.0. The molecule has 0 aromatic heterocycles. The van der Waals surface area contributed by atoms with Crippen molar-refractivity contribution in [2.24, 2.45) is 0 Å². The number of nitrogens with zero attached hydrogens (tertiary/aromatic N) is 1. The van der Waals surface area contributed by atoms with Crippen LogP contribution in [0.3, 0.4) is 0 Å². The van der Waals surface area contributed by atoms with Crippen LogP contribution in [0.5, 0.6) is 0 Å². The molecule has 3 rings (SSSR count). The first-order chi connectivity index (χ1) is 15.7. The third-order valence-electron chi connectivity index (χ3n) is 5.70. The number of benzene rings is 2. The zero-order valence-corrected chi connectivity index (χ0v) is 17.9. The molecule has 0 spiro atoms. The van der Waals surface area contributed by atoms with E-state index in [1.807, 2.05) is 5.92 Å². The Balaban J connectivity index is 2.10. The van der Waals surface area contributed by atoms with Gasteiger partial charge < -0.3 is 10.3 Å². The summed E-state index contributed by atoms with van der Waals surface area (Å²) in [6.07, 6.45) is 5.25. The largest absolute Gasteiger partial charge is 0.449 e. The number of carbonyl (C=O) groups is 2. The molecule has 172 valence electrons. The van der Waals surface area contributed by atoms with Gasteiger partial charge in [0.15, 0.2) is 0 Å². The lowest BCUT2D eigenvalue weighted by atomic mass is 9.86. The monoisotopic (exact) mass is 456 g/mol. The minimum Gasteiger partial charge on any atom is -0.449 e. The standard InChI is InChI=1S/C24H24BF3N2O3/c1-2-21(31)30(20-13-7-9-17(15-20)24(26,27)28)22(16-8-6-10-18(14-16)25-33)23(32)29-19-11-4-3-5-12-19/h1,6-10,13-15,19,22,25,33H,3-5,11-12H2,(H,29,32). The fraction of sp³-hybridized carbons (Fsp3) is 0.333. The van der Waals surface area contributed by atoms with E-state index < -0.39 is 29.6 Å². The lowest BCUT2D eigenvalue weighted by Gasteiger charge is -2.32. The molecule has 1 fully saturated rings. The van der Waals surface area contributed by atoms with Crippen LogP contribution in [-0.2, 0) is 15.8 Å². The highest BCUT2D eigenvalue weighted by atomic mass is 19.4. The van der Waals surface area contributed by atoms with Gasteiger partial charge in [0, 0.05) is 11.7 Å². The van der Waals surface area contributed by atoms with Gasteiger partial charge in [-0.1, -0.05) is 55.1 Å². The highest BCUT2D eigenvalue weighted by Crippen LogP contribution is 2.34. The Hall–Kier alpha value is -3.25. The van der Waals surface area contributed by atoms with E-state index in [9.17, 15) is 27.8 Å². The zero-order valence-electron chi connectivity index (χ0n) is 17.9. The first-order valence-electron chi connectivity index (χ1n) is 10.7. The predicted octanol–water partition coefficient (Wildman–Crippen LogP) is 2.83. The van der Waals surface area contributed by atoms with E-state index in [4.69, 9.17) is 6.42 Å².